The Morgan fingerprint density at radius 3 is 2.57 bits per heavy atom. The van der Waals surface area contributed by atoms with Crippen molar-refractivity contribution in [3.63, 3.8) is 0 Å². The number of nitrogens with zero attached hydrogens (tertiary/aromatic N) is 1. The highest BCUT2D eigenvalue weighted by atomic mass is 32.2. The van der Waals surface area contributed by atoms with Crippen LogP contribution in [0.4, 0.5) is 0 Å². The summed E-state index contributed by atoms with van der Waals surface area (Å²) in [6.07, 6.45) is 0.883. The standard InChI is InChI=1S/C15H24N2O3S/c1-16-9-13-3-5-14(6-4-13)12-21(18,19)17-8-7-15(10-17)11-20-2/h3-6,15-16H,7-12H2,1-2H3. The first-order valence-corrected chi connectivity index (χ1v) is 8.85. The Morgan fingerprint density at radius 1 is 1.29 bits per heavy atom. The maximum Gasteiger partial charge on any atom is 0.218 e. The SMILES string of the molecule is CNCc1ccc(CS(=O)(=O)N2CCC(COC)C2)cc1. The molecule has 1 aromatic rings. The fourth-order valence-corrected chi connectivity index (χ4v) is 4.30. The van der Waals surface area contributed by atoms with Crippen LogP contribution >= 0.6 is 0 Å². The average Bonchev–Trinajstić information content (AvgIpc) is 2.91. The van der Waals surface area contributed by atoms with E-state index in [1.807, 2.05) is 31.3 Å². The number of benzene rings is 1. The van der Waals surface area contributed by atoms with E-state index in [0.29, 0.717) is 25.6 Å². The lowest BCUT2D eigenvalue weighted by Crippen LogP contribution is -2.30. The van der Waals surface area contributed by atoms with E-state index >= 15 is 0 Å². The predicted octanol–water partition coefficient (Wildman–Crippen LogP) is 1.20. The summed E-state index contributed by atoms with van der Waals surface area (Å²) in [6, 6.07) is 7.73. The van der Waals surface area contributed by atoms with Crippen LogP contribution in [-0.4, -0.2) is 46.6 Å². The lowest BCUT2D eigenvalue weighted by molar-refractivity contribution is 0.157. The highest BCUT2D eigenvalue weighted by molar-refractivity contribution is 7.88. The second kappa shape index (κ2) is 7.35. The molecule has 0 bridgehead atoms. The first-order valence-electron chi connectivity index (χ1n) is 7.24. The fourth-order valence-electron chi connectivity index (χ4n) is 2.68. The summed E-state index contributed by atoms with van der Waals surface area (Å²) in [5, 5.41) is 3.07. The molecule has 5 nitrogen and oxygen atoms in total. The summed E-state index contributed by atoms with van der Waals surface area (Å²) >= 11 is 0. The van der Waals surface area contributed by atoms with Gasteiger partial charge in [0.1, 0.15) is 0 Å². The Balaban J connectivity index is 1.97. The molecule has 21 heavy (non-hydrogen) atoms. The van der Waals surface area contributed by atoms with E-state index in [-0.39, 0.29) is 5.75 Å². The minimum absolute atomic E-state index is 0.0759. The van der Waals surface area contributed by atoms with Gasteiger partial charge in [0.15, 0.2) is 0 Å². The van der Waals surface area contributed by atoms with Gasteiger partial charge in [-0.25, -0.2) is 12.7 Å². The summed E-state index contributed by atoms with van der Waals surface area (Å²) in [7, 11) is 0.320. The molecule has 1 unspecified atom stereocenters. The van der Waals surface area contributed by atoms with Gasteiger partial charge in [0.05, 0.1) is 12.4 Å². The van der Waals surface area contributed by atoms with Crippen LogP contribution in [0.3, 0.4) is 0 Å². The number of nitrogens with one attached hydrogen (secondary N) is 1. The molecule has 0 aromatic heterocycles. The number of ether oxygens (including phenoxy) is 1. The third-order valence-electron chi connectivity index (χ3n) is 3.80. The molecule has 1 aliphatic rings. The average molecular weight is 312 g/mol. The van der Waals surface area contributed by atoms with Crippen molar-refractivity contribution in [2.45, 2.75) is 18.7 Å². The zero-order valence-electron chi connectivity index (χ0n) is 12.7. The molecule has 0 amide bonds. The molecule has 1 heterocycles. The second-order valence-electron chi connectivity index (χ2n) is 5.57. The van der Waals surface area contributed by atoms with Crippen molar-refractivity contribution in [3.8, 4) is 0 Å². The van der Waals surface area contributed by atoms with Crippen LogP contribution in [0, 0.1) is 5.92 Å². The van der Waals surface area contributed by atoms with E-state index in [1.54, 1.807) is 11.4 Å². The smallest absolute Gasteiger partial charge is 0.218 e. The Hall–Kier alpha value is -0.950. The van der Waals surface area contributed by atoms with Gasteiger partial charge < -0.3 is 10.1 Å². The van der Waals surface area contributed by atoms with Crippen LogP contribution in [0.1, 0.15) is 17.5 Å². The third kappa shape index (κ3) is 4.51. The van der Waals surface area contributed by atoms with Gasteiger partial charge >= 0.3 is 0 Å². The topological polar surface area (TPSA) is 58.6 Å². The first-order chi connectivity index (χ1) is 10.0. The van der Waals surface area contributed by atoms with Gasteiger partial charge in [0.2, 0.25) is 10.0 Å². The summed E-state index contributed by atoms with van der Waals surface area (Å²) in [6.45, 7) is 2.60. The quantitative estimate of drug-likeness (QED) is 0.822. The number of hydrogen-bond acceptors (Lipinski definition) is 4. The maximum absolute atomic E-state index is 12.4. The van der Waals surface area contributed by atoms with Crippen LogP contribution in [0.2, 0.25) is 0 Å². The van der Waals surface area contributed by atoms with Crippen molar-refractivity contribution >= 4 is 10.0 Å². The number of hydrogen-bond donors (Lipinski definition) is 1. The fraction of sp³-hybridized carbons (Fsp3) is 0.600. The number of rotatable bonds is 7. The molecule has 0 saturated carbocycles. The molecule has 2 rings (SSSR count). The number of methoxy groups -OCH3 is 1. The van der Waals surface area contributed by atoms with Crippen molar-refractivity contribution in [2.24, 2.45) is 5.92 Å². The molecule has 0 radical (unpaired) electrons. The summed E-state index contributed by atoms with van der Waals surface area (Å²) in [5.41, 5.74) is 1.99. The molecular formula is C15H24N2O3S. The zero-order chi connectivity index (χ0) is 15.3. The molecule has 1 aliphatic heterocycles. The van der Waals surface area contributed by atoms with Gasteiger partial charge in [-0.15, -0.1) is 0 Å². The molecule has 1 N–H and O–H groups in total. The monoisotopic (exact) mass is 312 g/mol. The Kier molecular flexibility index (Phi) is 5.75. The van der Waals surface area contributed by atoms with Crippen molar-refractivity contribution in [1.82, 2.24) is 9.62 Å². The van der Waals surface area contributed by atoms with E-state index in [9.17, 15) is 8.42 Å². The molecule has 1 saturated heterocycles. The summed E-state index contributed by atoms with van der Waals surface area (Å²) in [5.74, 6) is 0.398. The zero-order valence-corrected chi connectivity index (χ0v) is 13.5. The maximum atomic E-state index is 12.4. The molecule has 1 fully saturated rings. The largest absolute Gasteiger partial charge is 0.384 e. The first kappa shape index (κ1) is 16.4. The summed E-state index contributed by atoms with van der Waals surface area (Å²) < 4.78 is 31.6. The van der Waals surface area contributed by atoms with Crippen molar-refractivity contribution in [2.75, 3.05) is 33.9 Å². The predicted molar refractivity (Wildman–Crippen MR) is 83.4 cm³/mol. The van der Waals surface area contributed by atoms with Gasteiger partial charge in [-0.2, -0.15) is 0 Å². The molecule has 1 aromatic carbocycles. The van der Waals surface area contributed by atoms with Crippen LogP contribution in [0.5, 0.6) is 0 Å². The Bertz CT molecular complexity index is 543. The normalized spacial score (nSPS) is 20.0. The van der Waals surface area contributed by atoms with Crippen LogP contribution in [0.25, 0.3) is 0 Å². The lowest BCUT2D eigenvalue weighted by Gasteiger charge is -2.16. The van der Waals surface area contributed by atoms with E-state index in [2.05, 4.69) is 5.32 Å². The van der Waals surface area contributed by atoms with Crippen LogP contribution in [-0.2, 0) is 27.1 Å². The van der Waals surface area contributed by atoms with E-state index < -0.39 is 10.0 Å². The summed E-state index contributed by atoms with van der Waals surface area (Å²) in [4.78, 5) is 0. The van der Waals surface area contributed by atoms with Gasteiger partial charge in [0.25, 0.3) is 0 Å². The van der Waals surface area contributed by atoms with Crippen molar-refractivity contribution in [3.05, 3.63) is 35.4 Å². The molecule has 118 valence electrons. The van der Waals surface area contributed by atoms with Gasteiger partial charge in [-0.3, -0.25) is 0 Å². The molecule has 6 heteroatoms. The molecule has 1 atom stereocenters. The van der Waals surface area contributed by atoms with Gasteiger partial charge in [0, 0.05) is 26.7 Å². The van der Waals surface area contributed by atoms with Gasteiger partial charge in [-0.05, 0) is 30.5 Å². The van der Waals surface area contributed by atoms with E-state index in [4.69, 9.17) is 4.74 Å². The minimum Gasteiger partial charge on any atom is -0.384 e. The van der Waals surface area contributed by atoms with Crippen LogP contribution < -0.4 is 5.32 Å². The molecular weight excluding hydrogens is 288 g/mol. The number of sulfonamides is 1. The third-order valence-corrected chi connectivity index (χ3v) is 5.61. The highest BCUT2D eigenvalue weighted by Crippen LogP contribution is 2.22. The van der Waals surface area contributed by atoms with Gasteiger partial charge in [-0.1, -0.05) is 24.3 Å². The van der Waals surface area contributed by atoms with E-state index in [1.165, 1.54) is 0 Å². The minimum atomic E-state index is -3.23. The Morgan fingerprint density at radius 2 is 1.95 bits per heavy atom. The van der Waals surface area contributed by atoms with Crippen LogP contribution in [0.15, 0.2) is 24.3 Å². The van der Waals surface area contributed by atoms with Crippen molar-refractivity contribution < 1.29 is 13.2 Å². The Labute approximate surface area is 127 Å². The van der Waals surface area contributed by atoms with Crippen molar-refractivity contribution in [1.29, 1.82) is 0 Å². The highest BCUT2D eigenvalue weighted by Gasteiger charge is 2.31. The lowest BCUT2D eigenvalue weighted by atomic mass is 10.1. The molecule has 0 spiro atoms. The van der Waals surface area contributed by atoms with E-state index in [0.717, 1.165) is 24.1 Å². The molecule has 0 aliphatic carbocycles. The second-order valence-corrected chi connectivity index (χ2v) is 7.54.